The third-order valence-electron chi connectivity index (χ3n) is 2.84. The predicted molar refractivity (Wildman–Crippen MR) is 75.6 cm³/mol. The molecule has 0 aliphatic carbocycles. The zero-order valence-electron chi connectivity index (χ0n) is 12.4. The van der Waals surface area contributed by atoms with Crippen LogP contribution in [0.5, 0.6) is 0 Å². The third-order valence-corrected chi connectivity index (χ3v) is 2.84. The molecule has 0 heterocycles. The average molecular weight is 272 g/mol. The van der Waals surface area contributed by atoms with Crippen LogP contribution in [0.25, 0.3) is 0 Å². The fourth-order valence-electron chi connectivity index (χ4n) is 1.56. The molecule has 0 aromatic rings. The molecule has 0 saturated heterocycles. The molecule has 0 aromatic carbocycles. The Morgan fingerprint density at radius 2 is 1.68 bits per heavy atom. The van der Waals surface area contributed by atoms with Gasteiger partial charge in [0.15, 0.2) is 0 Å². The van der Waals surface area contributed by atoms with Gasteiger partial charge in [0, 0.05) is 32.5 Å². The number of unbranched alkanes of at least 4 members (excludes halogenated alkanes) is 2. The number of carbonyl (C=O) groups excluding carboxylic acids is 2. The van der Waals surface area contributed by atoms with E-state index in [1.54, 1.807) is 0 Å². The van der Waals surface area contributed by atoms with Crippen LogP contribution in [0, 0.1) is 5.41 Å². The second-order valence-electron chi connectivity index (χ2n) is 5.66. The van der Waals surface area contributed by atoms with Crippen LogP contribution in [0.3, 0.4) is 0 Å². The number of amides is 2. The monoisotopic (exact) mass is 272 g/mol. The molecule has 5 heteroatoms. The summed E-state index contributed by atoms with van der Waals surface area (Å²) in [6, 6.07) is 0. The molecule has 0 fully saturated rings. The Kier molecular flexibility index (Phi) is 9.21. The molecule has 0 bridgehead atoms. The third kappa shape index (κ3) is 10.5. The molecule has 0 spiro atoms. The van der Waals surface area contributed by atoms with E-state index in [2.05, 4.69) is 17.6 Å². The first-order chi connectivity index (χ1) is 8.91. The largest absolute Gasteiger partial charge is 0.396 e. The van der Waals surface area contributed by atoms with E-state index in [-0.39, 0.29) is 24.8 Å². The summed E-state index contributed by atoms with van der Waals surface area (Å²) in [4.78, 5) is 23.0. The van der Waals surface area contributed by atoms with Crippen LogP contribution >= 0.6 is 0 Å². The van der Waals surface area contributed by atoms with Gasteiger partial charge in [-0.1, -0.05) is 33.6 Å². The number of hydrogen-bond acceptors (Lipinski definition) is 3. The fraction of sp³-hybridized carbons (Fsp3) is 0.857. The Balaban J connectivity index is 3.62. The average Bonchev–Trinajstić information content (AvgIpc) is 2.34. The number of aliphatic hydroxyl groups excluding tert-OH is 1. The van der Waals surface area contributed by atoms with Gasteiger partial charge in [-0.25, -0.2) is 0 Å². The van der Waals surface area contributed by atoms with Crippen molar-refractivity contribution < 1.29 is 14.7 Å². The van der Waals surface area contributed by atoms with Crippen molar-refractivity contribution in [3.05, 3.63) is 0 Å². The zero-order valence-corrected chi connectivity index (χ0v) is 12.4. The number of rotatable bonds is 10. The molecule has 0 aromatic heterocycles. The SMILES string of the molecule is CCCCCNC(=O)CCNC(=O)CC(C)(C)CO. The summed E-state index contributed by atoms with van der Waals surface area (Å²) in [5, 5.41) is 14.6. The highest BCUT2D eigenvalue weighted by Gasteiger charge is 2.20. The molecular formula is C14H28N2O3. The highest BCUT2D eigenvalue weighted by molar-refractivity contribution is 5.79. The first-order valence-corrected chi connectivity index (χ1v) is 7.05. The summed E-state index contributed by atoms with van der Waals surface area (Å²) in [7, 11) is 0. The minimum Gasteiger partial charge on any atom is -0.396 e. The number of aliphatic hydroxyl groups is 1. The predicted octanol–water partition coefficient (Wildman–Crippen LogP) is 1.21. The Labute approximate surface area is 116 Å². The molecule has 2 amide bonds. The van der Waals surface area contributed by atoms with Crippen molar-refractivity contribution in [3.8, 4) is 0 Å². The first kappa shape index (κ1) is 17.9. The van der Waals surface area contributed by atoms with E-state index in [9.17, 15) is 9.59 Å². The van der Waals surface area contributed by atoms with Gasteiger partial charge in [-0.05, 0) is 11.8 Å². The lowest BCUT2D eigenvalue weighted by atomic mass is 9.90. The summed E-state index contributed by atoms with van der Waals surface area (Å²) in [6.07, 6.45) is 3.82. The number of carbonyl (C=O) groups is 2. The highest BCUT2D eigenvalue weighted by Crippen LogP contribution is 2.18. The molecule has 0 aliphatic heterocycles. The topological polar surface area (TPSA) is 78.4 Å². The van der Waals surface area contributed by atoms with Crippen LogP contribution in [-0.4, -0.2) is 36.6 Å². The van der Waals surface area contributed by atoms with Crippen LogP contribution in [0.15, 0.2) is 0 Å². The standard InChI is InChI=1S/C14H28N2O3/c1-4-5-6-8-15-12(18)7-9-16-13(19)10-14(2,3)11-17/h17H,4-11H2,1-3H3,(H,15,18)(H,16,19). The molecule has 0 radical (unpaired) electrons. The van der Waals surface area contributed by atoms with Crippen molar-refractivity contribution in [1.29, 1.82) is 0 Å². The molecule has 0 atom stereocenters. The molecule has 0 unspecified atom stereocenters. The van der Waals surface area contributed by atoms with Crippen LogP contribution in [0.4, 0.5) is 0 Å². The second-order valence-corrected chi connectivity index (χ2v) is 5.66. The molecule has 0 aliphatic rings. The van der Waals surface area contributed by atoms with Crippen molar-refractivity contribution in [2.45, 2.75) is 52.9 Å². The first-order valence-electron chi connectivity index (χ1n) is 7.05. The van der Waals surface area contributed by atoms with Crippen molar-refractivity contribution in [1.82, 2.24) is 10.6 Å². The summed E-state index contributed by atoms with van der Waals surface area (Å²) < 4.78 is 0. The Hall–Kier alpha value is -1.10. The van der Waals surface area contributed by atoms with Crippen molar-refractivity contribution >= 4 is 11.8 Å². The minimum atomic E-state index is -0.410. The van der Waals surface area contributed by atoms with E-state index in [1.165, 1.54) is 0 Å². The van der Waals surface area contributed by atoms with Gasteiger partial charge in [-0.2, -0.15) is 0 Å². The summed E-state index contributed by atoms with van der Waals surface area (Å²) in [5.41, 5.74) is -0.410. The van der Waals surface area contributed by atoms with Crippen LogP contribution in [0.1, 0.15) is 52.9 Å². The maximum absolute atomic E-state index is 11.5. The minimum absolute atomic E-state index is 0.0294. The van der Waals surface area contributed by atoms with Crippen LogP contribution in [-0.2, 0) is 9.59 Å². The van der Waals surface area contributed by atoms with E-state index >= 15 is 0 Å². The van der Waals surface area contributed by atoms with E-state index in [4.69, 9.17) is 5.11 Å². The van der Waals surface area contributed by atoms with Gasteiger partial charge in [0.1, 0.15) is 0 Å². The van der Waals surface area contributed by atoms with E-state index in [0.29, 0.717) is 19.5 Å². The maximum Gasteiger partial charge on any atom is 0.221 e. The molecule has 0 rings (SSSR count). The van der Waals surface area contributed by atoms with Gasteiger partial charge < -0.3 is 15.7 Å². The summed E-state index contributed by atoms with van der Waals surface area (Å²) >= 11 is 0. The van der Waals surface area contributed by atoms with Crippen molar-refractivity contribution in [2.75, 3.05) is 19.7 Å². The van der Waals surface area contributed by atoms with Gasteiger partial charge in [0.25, 0.3) is 0 Å². The normalized spacial score (nSPS) is 11.2. The van der Waals surface area contributed by atoms with Gasteiger partial charge in [0.2, 0.25) is 11.8 Å². The van der Waals surface area contributed by atoms with Crippen molar-refractivity contribution in [2.24, 2.45) is 5.41 Å². The van der Waals surface area contributed by atoms with Gasteiger partial charge in [0.05, 0.1) is 0 Å². The van der Waals surface area contributed by atoms with Crippen LogP contribution in [0.2, 0.25) is 0 Å². The molecule has 112 valence electrons. The molecule has 5 nitrogen and oxygen atoms in total. The number of nitrogens with one attached hydrogen (secondary N) is 2. The van der Waals surface area contributed by atoms with E-state index in [1.807, 2.05) is 13.8 Å². The van der Waals surface area contributed by atoms with Crippen molar-refractivity contribution in [3.63, 3.8) is 0 Å². The molecular weight excluding hydrogens is 244 g/mol. The zero-order chi connectivity index (χ0) is 14.7. The van der Waals surface area contributed by atoms with E-state index in [0.717, 1.165) is 19.3 Å². The Morgan fingerprint density at radius 1 is 1.05 bits per heavy atom. The quantitative estimate of drug-likeness (QED) is 0.523. The fourth-order valence-corrected chi connectivity index (χ4v) is 1.56. The maximum atomic E-state index is 11.5. The lowest BCUT2D eigenvalue weighted by molar-refractivity contribution is -0.124. The Morgan fingerprint density at radius 3 is 2.26 bits per heavy atom. The smallest absolute Gasteiger partial charge is 0.221 e. The lowest BCUT2D eigenvalue weighted by Gasteiger charge is -2.20. The van der Waals surface area contributed by atoms with Gasteiger partial charge >= 0.3 is 0 Å². The highest BCUT2D eigenvalue weighted by atomic mass is 16.3. The van der Waals surface area contributed by atoms with Gasteiger partial charge in [-0.3, -0.25) is 9.59 Å². The Bertz CT molecular complexity index is 278. The second kappa shape index (κ2) is 9.78. The summed E-state index contributed by atoms with van der Waals surface area (Å²) in [6.45, 7) is 6.79. The summed E-state index contributed by atoms with van der Waals surface area (Å²) in [5.74, 6) is -0.157. The van der Waals surface area contributed by atoms with Crippen LogP contribution < -0.4 is 10.6 Å². The lowest BCUT2D eigenvalue weighted by Crippen LogP contribution is -2.34. The van der Waals surface area contributed by atoms with E-state index < -0.39 is 5.41 Å². The van der Waals surface area contributed by atoms with Gasteiger partial charge in [-0.15, -0.1) is 0 Å². The molecule has 3 N–H and O–H groups in total. The molecule has 0 saturated carbocycles. The molecule has 19 heavy (non-hydrogen) atoms. The number of hydrogen-bond donors (Lipinski definition) is 3.